The highest BCUT2D eigenvalue weighted by atomic mass is 32.2. The Morgan fingerprint density at radius 3 is 2.60 bits per heavy atom. The predicted octanol–water partition coefficient (Wildman–Crippen LogP) is 0.536. The molecule has 1 saturated carbocycles. The monoisotopic (exact) mass is 440 g/mol. The first-order chi connectivity index (χ1) is 14.5. The number of sulfonamides is 1. The highest BCUT2D eigenvalue weighted by molar-refractivity contribution is 7.88. The van der Waals surface area contributed by atoms with Gasteiger partial charge in [0.2, 0.25) is 15.9 Å². The normalized spacial score (nSPS) is 19.6. The Morgan fingerprint density at radius 2 is 1.97 bits per heavy atom. The summed E-state index contributed by atoms with van der Waals surface area (Å²) in [6, 6.07) is 1.82. The smallest absolute Gasteiger partial charge is 0.242 e. The molecular weight excluding hydrogens is 408 g/mol. The van der Waals surface area contributed by atoms with Gasteiger partial charge in [0.25, 0.3) is 0 Å². The number of nitrogens with one attached hydrogen (secondary N) is 2. The van der Waals surface area contributed by atoms with Crippen molar-refractivity contribution in [2.75, 3.05) is 39.3 Å². The lowest BCUT2D eigenvalue weighted by Gasteiger charge is -2.35. The van der Waals surface area contributed by atoms with Crippen molar-refractivity contribution in [1.82, 2.24) is 25.0 Å². The highest BCUT2D eigenvalue weighted by Gasteiger charge is 2.29. The van der Waals surface area contributed by atoms with E-state index in [1.807, 2.05) is 11.8 Å². The van der Waals surface area contributed by atoms with Crippen molar-refractivity contribution >= 4 is 21.9 Å². The Balaban J connectivity index is 1.51. The molecule has 10 nitrogen and oxygen atoms in total. The number of hydrogen-bond donors (Lipinski definition) is 2. The second kappa shape index (κ2) is 10.8. The van der Waals surface area contributed by atoms with Crippen LogP contribution in [0, 0.1) is 0 Å². The van der Waals surface area contributed by atoms with E-state index in [9.17, 15) is 13.2 Å². The lowest BCUT2D eigenvalue weighted by Crippen LogP contribution is -2.54. The van der Waals surface area contributed by atoms with Gasteiger partial charge in [0.05, 0.1) is 5.69 Å². The zero-order valence-electron chi connectivity index (χ0n) is 17.5. The van der Waals surface area contributed by atoms with Crippen LogP contribution in [0.5, 0.6) is 0 Å². The fourth-order valence-electron chi connectivity index (χ4n) is 3.86. The van der Waals surface area contributed by atoms with Crippen LogP contribution in [0.2, 0.25) is 0 Å². The Morgan fingerprint density at radius 1 is 1.23 bits per heavy atom. The van der Waals surface area contributed by atoms with E-state index < -0.39 is 10.0 Å². The molecule has 2 heterocycles. The first-order valence-electron chi connectivity index (χ1n) is 10.7. The third-order valence-corrected chi connectivity index (χ3v) is 7.24. The second-order valence-electron chi connectivity index (χ2n) is 7.71. The number of hydrogen-bond acceptors (Lipinski definition) is 6. The maximum absolute atomic E-state index is 12.6. The van der Waals surface area contributed by atoms with Gasteiger partial charge in [-0.15, -0.1) is 0 Å². The summed E-state index contributed by atoms with van der Waals surface area (Å²) in [5, 5.41) is 9.97. The van der Waals surface area contributed by atoms with Crippen LogP contribution in [0.3, 0.4) is 0 Å². The van der Waals surface area contributed by atoms with Crippen LogP contribution in [0.25, 0.3) is 0 Å². The van der Waals surface area contributed by atoms with E-state index in [0.29, 0.717) is 44.4 Å². The molecule has 168 valence electrons. The molecule has 2 N–H and O–H groups in total. The Bertz CT molecular complexity index is 797. The van der Waals surface area contributed by atoms with E-state index >= 15 is 0 Å². The highest BCUT2D eigenvalue weighted by Crippen LogP contribution is 2.17. The molecule has 2 aliphatic rings. The van der Waals surface area contributed by atoms with Gasteiger partial charge >= 0.3 is 0 Å². The number of aliphatic imine (C=N–C) groups is 1. The Kier molecular flexibility index (Phi) is 8.08. The lowest BCUT2D eigenvalue weighted by atomic mass is 9.95. The van der Waals surface area contributed by atoms with Crippen molar-refractivity contribution in [3.8, 4) is 0 Å². The van der Waals surface area contributed by atoms with Crippen molar-refractivity contribution in [3.05, 3.63) is 18.0 Å². The van der Waals surface area contributed by atoms with E-state index in [2.05, 4.69) is 20.8 Å². The van der Waals surface area contributed by atoms with Crippen LogP contribution in [0.15, 0.2) is 21.8 Å². The topological polar surface area (TPSA) is 120 Å². The van der Waals surface area contributed by atoms with Gasteiger partial charge in [-0.1, -0.05) is 24.4 Å². The summed E-state index contributed by atoms with van der Waals surface area (Å²) in [6.45, 7) is 4.45. The zero-order chi connectivity index (χ0) is 21.4. The molecule has 1 amide bonds. The van der Waals surface area contributed by atoms with Gasteiger partial charge < -0.3 is 20.1 Å². The van der Waals surface area contributed by atoms with Crippen LogP contribution < -0.4 is 10.6 Å². The van der Waals surface area contributed by atoms with Gasteiger partial charge in [-0.2, -0.15) is 4.31 Å². The molecule has 1 aromatic rings. The SMILES string of the molecule is CCNC(=NCC(=O)NC1CCCCC1)N1CCN(S(=O)(=O)Cc2ccon2)CC1. The molecule has 11 heteroatoms. The zero-order valence-corrected chi connectivity index (χ0v) is 18.4. The third-order valence-electron chi connectivity index (χ3n) is 5.43. The number of piperazine rings is 1. The number of aromatic nitrogens is 1. The van der Waals surface area contributed by atoms with Crippen LogP contribution in [0.4, 0.5) is 0 Å². The summed E-state index contributed by atoms with van der Waals surface area (Å²) in [5.74, 6) is 0.412. The van der Waals surface area contributed by atoms with Crippen LogP contribution in [0.1, 0.15) is 44.7 Å². The minimum absolute atomic E-state index is 0.0638. The van der Waals surface area contributed by atoms with Crippen molar-refractivity contribution in [2.45, 2.75) is 50.8 Å². The maximum Gasteiger partial charge on any atom is 0.242 e. The number of carbonyl (C=O) groups excluding carboxylic acids is 1. The molecule has 0 radical (unpaired) electrons. The number of carbonyl (C=O) groups is 1. The van der Waals surface area contributed by atoms with Crippen molar-refractivity contribution < 1.29 is 17.7 Å². The molecule has 0 spiro atoms. The van der Waals surface area contributed by atoms with E-state index in [-0.39, 0.29) is 24.2 Å². The number of rotatable bonds is 7. The standard InChI is InChI=1S/C19H32N6O4S/c1-2-20-19(21-14-18(26)22-16-6-4-3-5-7-16)24-9-11-25(12-10-24)30(27,28)15-17-8-13-29-23-17/h8,13,16H,2-7,9-12,14-15H2,1H3,(H,20,21)(H,22,26). The van der Waals surface area contributed by atoms with Gasteiger partial charge in [-0.05, 0) is 19.8 Å². The van der Waals surface area contributed by atoms with E-state index in [0.717, 1.165) is 12.8 Å². The molecule has 1 aromatic heterocycles. The second-order valence-corrected chi connectivity index (χ2v) is 9.67. The van der Waals surface area contributed by atoms with E-state index in [4.69, 9.17) is 4.52 Å². The molecule has 0 bridgehead atoms. The van der Waals surface area contributed by atoms with Crippen LogP contribution >= 0.6 is 0 Å². The molecule has 0 unspecified atom stereocenters. The first-order valence-corrected chi connectivity index (χ1v) is 12.3. The molecular formula is C19H32N6O4S. The minimum atomic E-state index is -3.45. The summed E-state index contributed by atoms with van der Waals surface area (Å²) in [4.78, 5) is 18.8. The first kappa shape index (κ1) is 22.5. The average Bonchev–Trinajstić information content (AvgIpc) is 3.24. The molecule has 1 aliphatic heterocycles. The van der Waals surface area contributed by atoms with Crippen molar-refractivity contribution in [1.29, 1.82) is 0 Å². The number of guanidine groups is 1. The number of nitrogens with zero attached hydrogens (tertiary/aromatic N) is 4. The van der Waals surface area contributed by atoms with Gasteiger partial charge in [0.15, 0.2) is 5.96 Å². The summed E-state index contributed by atoms with van der Waals surface area (Å²) in [6.07, 6.45) is 7.03. The lowest BCUT2D eigenvalue weighted by molar-refractivity contribution is -0.120. The molecule has 3 rings (SSSR count). The van der Waals surface area contributed by atoms with Gasteiger partial charge in [-0.3, -0.25) is 4.79 Å². The summed E-state index contributed by atoms with van der Waals surface area (Å²) in [5.41, 5.74) is 0.399. The summed E-state index contributed by atoms with van der Waals surface area (Å²) < 4.78 is 31.4. The fourth-order valence-corrected chi connectivity index (χ4v) is 5.29. The van der Waals surface area contributed by atoms with Gasteiger partial charge in [0.1, 0.15) is 18.6 Å². The average molecular weight is 441 g/mol. The van der Waals surface area contributed by atoms with E-state index in [1.165, 1.54) is 29.8 Å². The number of amides is 1. The minimum Gasteiger partial charge on any atom is -0.364 e. The molecule has 30 heavy (non-hydrogen) atoms. The predicted molar refractivity (Wildman–Crippen MR) is 113 cm³/mol. The van der Waals surface area contributed by atoms with Crippen molar-refractivity contribution in [2.24, 2.45) is 4.99 Å². The van der Waals surface area contributed by atoms with Crippen molar-refractivity contribution in [3.63, 3.8) is 0 Å². The fraction of sp³-hybridized carbons (Fsp3) is 0.737. The molecule has 0 atom stereocenters. The van der Waals surface area contributed by atoms with E-state index in [1.54, 1.807) is 6.07 Å². The van der Waals surface area contributed by atoms with Gasteiger partial charge in [0, 0.05) is 44.8 Å². The largest absolute Gasteiger partial charge is 0.364 e. The molecule has 1 saturated heterocycles. The maximum atomic E-state index is 12.6. The Labute approximate surface area is 178 Å². The molecule has 1 aliphatic carbocycles. The van der Waals surface area contributed by atoms with Gasteiger partial charge in [-0.25, -0.2) is 13.4 Å². The molecule has 0 aromatic carbocycles. The van der Waals surface area contributed by atoms with Crippen LogP contribution in [-0.2, 0) is 20.6 Å². The third kappa shape index (κ3) is 6.43. The molecule has 2 fully saturated rings. The van der Waals surface area contributed by atoms with Crippen LogP contribution in [-0.4, -0.2) is 80.0 Å². The summed E-state index contributed by atoms with van der Waals surface area (Å²) in [7, 11) is -3.45. The quantitative estimate of drug-likeness (QED) is 0.469. The Hall–Kier alpha value is -2.14. The summed E-state index contributed by atoms with van der Waals surface area (Å²) >= 11 is 0.